The van der Waals surface area contributed by atoms with Gasteiger partial charge >= 0.3 is 0 Å². The number of halogens is 1. The maximum absolute atomic E-state index is 12.8. The molecule has 2 rings (SSSR count). The van der Waals surface area contributed by atoms with Gasteiger partial charge in [-0.25, -0.2) is 4.39 Å². The Morgan fingerprint density at radius 1 is 1.17 bits per heavy atom. The topological polar surface area (TPSA) is 55.4 Å². The molecule has 0 spiro atoms. The number of carbonyl (C=O) groups is 2. The maximum Gasteiger partial charge on any atom is 0.260 e. The molecule has 0 aliphatic rings. The van der Waals surface area contributed by atoms with Crippen molar-refractivity contribution in [2.24, 2.45) is 0 Å². The second kappa shape index (κ2) is 8.24. The number of Topliss-reactive ketones (excluding diaryl/α,β-unsaturated/α-hetero) is 1. The first kappa shape index (κ1) is 17.7. The molecular formula is C19H20FNO3. The highest BCUT2D eigenvalue weighted by Gasteiger charge is 2.14. The highest BCUT2D eigenvalue weighted by atomic mass is 19.1. The first-order chi connectivity index (χ1) is 11.5. The molecule has 24 heavy (non-hydrogen) atoms. The third-order valence-electron chi connectivity index (χ3n) is 3.55. The lowest BCUT2D eigenvalue weighted by atomic mass is 10.1. The first-order valence-corrected chi connectivity index (χ1v) is 7.75. The van der Waals surface area contributed by atoms with Gasteiger partial charge in [-0.1, -0.05) is 24.3 Å². The van der Waals surface area contributed by atoms with Gasteiger partial charge in [-0.15, -0.1) is 0 Å². The fraction of sp³-hybridized carbons (Fsp3) is 0.263. The van der Waals surface area contributed by atoms with Crippen LogP contribution in [0.15, 0.2) is 48.5 Å². The normalized spacial score (nSPS) is 11.6. The summed E-state index contributed by atoms with van der Waals surface area (Å²) < 4.78 is 18.4. The number of carbonyl (C=O) groups excluding carboxylic acids is 2. The van der Waals surface area contributed by atoms with E-state index in [0.717, 1.165) is 5.56 Å². The van der Waals surface area contributed by atoms with E-state index in [9.17, 15) is 14.0 Å². The van der Waals surface area contributed by atoms with E-state index in [4.69, 9.17) is 4.74 Å². The molecule has 0 aromatic heterocycles. The second-order valence-corrected chi connectivity index (χ2v) is 5.51. The van der Waals surface area contributed by atoms with E-state index in [1.54, 1.807) is 43.3 Å². The maximum atomic E-state index is 12.8. The minimum atomic E-state index is -0.680. The van der Waals surface area contributed by atoms with Crippen molar-refractivity contribution in [3.05, 3.63) is 65.5 Å². The molecule has 0 aliphatic carbocycles. The molecule has 1 unspecified atom stereocenters. The second-order valence-electron chi connectivity index (χ2n) is 5.51. The van der Waals surface area contributed by atoms with Crippen molar-refractivity contribution in [1.82, 2.24) is 5.32 Å². The van der Waals surface area contributed by atoms with Gasteiger partial charge in [-0.05, 0) is 50.1 Å². The first-order valence-electron chi connectivity index (χ1n) is 7.75. The Bertz CT molecular complexity index is 713. The molecule has 0 heterocycles. The van der Waals surface area contributed by atoms with Gasteiger partial charge in [0.2, 0.25) is 0 Å². The SMILES string of the molecule is CC(=O)c1cccc(OC(C)C(=O)NCCc2ccc(F)cc2)c1. The predicted octanol–water partition coefficient (Wildman–Crippen LogP) is 3.15. The Balaban J connectivity index is 1.82. The van der Waals surface area contributed by atoms with Crippen molar-refractivity contribution in [3.63, 3.8) is 0 Å². The highest BCUT2D eigenvalue weighted by Crippen LogP contribution is 2.15. The van der Waals surface area contributed by atoms with Crippen LogP contribution in [0.4, 0.5) is 4.39 Å². The van der Waals surface area contributed by atoms with E-state index >= 15 is 0 Å². The molecule has 0 fully saturated rings. The molecule has 1 atom stereocenters. The Hall–Kier alpha value is -2.69. The zero-order valence-electron chi connectivity index (χ0n) is 13.7. The summed E-state index contributed by atoms with van der Waals surface area (Å²) in [5.41, 5.74) is 1.48. The molecule has 0 bridgehead atoms. The van der Waals surface area contributed by atoms with Crippen LogP contribution in [0.3, 0.4) is 0 Å². The van der Waals surface area contributed by atoms with E-state index in [-0.39, 0.29) is 17.5 Å². The monoisotopic (exact) mass is 329 g/mol. The lowest BCUT2D eigenvalue weighted by molar-refractivity contribution is -0.127. The van der Waals surface area contributed by atoms with Crippen molar-refractivity contribution >= 4 is 11.7 Å². The largest absolute Gasteiger partial charge is 0.481 e. The Morgan fingerprint density at radius 3 is 2.54 bits per heavy atom. The van der Waals surface area contributed by atoms with E-state index in [1.165, 1.54) is 19.1 Å². The molecule has 1 amide bonds. The van der Waals surface area contributed by atoms with Crippen molar-refractivity contribution in [3.8, 4) is 5.75 Å². The molecule has 1 N–H and O–H groups in total. The van der Waals surface area contributed by atoms with Gasteiger partial charge in [0.05, 0.1) is 0 Å². The van der Waals surface area contributed by atoms with Crippen LogP contribution in [0.5, 0.6) is 5.75 Å². The zero-order valence-corrected chi connectivity index (χ0v) is 13.7. The van der Waals surface area contributed by atoms with E-state index < -0.39 is 6.10 Å². The third kappa shape index (κ3) is 5.19. The zero-order chi connectivity index (χ0) is 17.5. The summed E-state index contributed by atoms with van der Waals surface area (Å²) in [5, 5.41) is 2.78. The number of nitrogens with one attached hydrogen (secondary N) is 1. The average Bonchev–Trinajstić information content (AvgIpc) is 2.56. The molecule has 2 aromatic carbocycles. The van der Waals surface area contributed by atoms with Gasteiger partial charge in [0.15, 0.2) is 11.9 Å². The fourth-order valence-corrected chi connectivity index (χ4v) is 2.17. The van der Waals surface area contributed by atoms with Crippen molar-refractivity contribution in [2.75, 3.05) is 6.54 Å². The van der Waals surface area contributed by atoms with Crippen LogP contribution in [-0.4, -0.2) is 24.3 Å². The predicted molar refractivity (Wildman–Crippen MR) is 89.7 cm³/mol. The van der Waals surface area contributed by atoms with Crippen LogP contribution >= 0.6 is 0 Å². The standard InChI is InChI=1S/C19H20FNO3/c1-13(22)16-4-3-5-18(12-16)24-14(2)19(23)21-11-10-15-6-8-17(20)9-7-15/h3-9,12,14H,10-11H2,1-2H3,(H,21,23). The summed E-state index contributed by atoms with van der Waals surface area (Å²) in [6.07, 6.45) is -0.0705. The summed E-state index contributed by atoms with van der Waals surface area (Å²) in [6.45, 7) is 3.56. The minimum absolute atomic E-state index is 0.0585. The van der Waals surface area contributed by atoms with Gasteiger partial charge in [-0.3, -0.25) is 9.59 Å². The summed E-state index contributed by atoms with van der Waals surface area (Å²) in [4.78, 5) is 23.4. The molecular weight excluding hydrogens is 309 g/mol. The van der Waals surface area contributed by atoms with Crippen LogP contribution in [0.2, 0.25) is 0 Å². The number of hydrogen-bond acceptors (Lipinski definition) is 3. The Kier molecular flexibility index (Phi) is 6.07. The molecule has 0 aliphatic heterocycles. The van der Waals surface area contributed by atoms with Crippen molar-refractivity contribution in [1.29, 1.82) is 0 Å². The van der Waals surface area contributed by atoms with Crippen LogP contribution in [0.1, 0.15) is 29.8 Å². The Morgan fingerprint density at radius 2 is 1.88 bits per heavy atom. The average molecular weight is 329 g/mol. The summed E-state index contributed by atoms with van der Waals surface area (Å²) in [5.74, 6) is -0.108. The minimum Gasteiger partial charge on any atom is -0.481 e. The summed E-state index contributed by atoms with van der Waals surface area (Å²) >= 11 is 0. The molecule has 0 saturated carbocycles. The number of rotatable bonds is 7. The molecule has 2 aromatic rings. The summed E-state index contributed by atoms with van der Waals surface area (Å²) in [7, 11) is 0. The van der Waals surface area contributed by atoms with Gasteiger partial charge in [0.1, 0.15) is 11.6 Å². The van der Waals surface area contributed by atoms with E-state index in [2.05, 4.69) is 5.32 Å². The quantitative estimate of drug-likeness (QED) is 0.794. The van der Waals surface area contributed by atoms with Gasteiger partial charge in [-0.2, -0.15) is 0 Å². The molecule has 5 heteroatoms. The third-order valence-corrected chi connectivity index (χ3v) is 3.55. The number of hydrogen-bond donors (Lipinski definition) is 1. The van der Waals surface area contributed by atoms with Gasteiger partial charge in [0, 0.05) is 12.1 Å². The van der Waals surface area contributed by atoms with Gasteiger partial charge < -0.3 is 10.1 Å². The molecule has 4 nitrogen and oxygen atoms in total. The number of ketones is 1. The van der Waals surface area contributed by atoms with Crippen LogP contribution in [0, 0.1) is 5.82 Å². The fourth-order valence-electron chi connectivity index (χ4n) is 2.17. The number of amides is 1. The molecule has 0 saturated heterocycles. The van der Waals surface area contributed by atoms with E-state index in [1.807, 2.05) is 0 Å². The lowest BCUT2D eigenvalue weighted by Crippen LogP contribution is -2.37. The number of benzene rings is 2. The van der Waals surface area contributed by atoms with Crippen LogP contribution < -0.4 is 10.1 Å². The molecule has 0 radical (unpaired) electrons. The van der Waals surface area contributed by atoms with Crippen LogP contribution in [-0.2, 0) is 11.2 Å². The van der Waals surface area contributed by atoms with Crippen molar-refractivity contribution < 1.29 is 18.7 Å². The highest BCUT2D eigenvalue weighted by molar-refractivity contribution is 5.94. The van der Waals surface area contributed by atoms with Crippen molar-refractivity contribution in [2.45, 2.75) is 26.4 Å². The van der Waals surface area contributed by atoms with E-state index in [0.29, 0.717) is 24.3 Å². The lowest BCUT2D eigenvalue weighted by Gasteiger charge is -2.15. The summed E-state index contributed by atoms with van der Waals surface area (Å²) in [6, 6.07) is 12.9. The van der Waals surface area contributed by atoms with Gasteiger partial charge in [0.25, 0.3) is 5.91 Å². The number of ether oxygens (including phenoxy) is 1. The Labute approximate surface area is 140 Å². The molecule has 126 valence electrons. The van der Waals surface area contributed by atoms with Crippen LogP contribution in [0.25, 0.3) is 0 Å². The smallest absolute Gasteiger partial charge is 0.260 e.